The van der Waals surface area contributed by atoms with E-state index >= 15 is 0 Å². The van der Waals surface area contributed by atoms with Gasteiger partial charge >= 0.3 is 0 Å². The number of aryl methyl sites for hydroxylation is 2. The normalized spacial score (nSPS) is 23.1. The molecule has 8 heterocycles. The summed E-state index contributed by atoms with van der Waals surface area (Å²) in [4.78, 5) is 11.1. The van der Waals surface area contributed by atoms with Gasteiger partial charge in [-0.05, 0) is 263 Å². The molecule has 0 spiro atoms. The molecule has 4 atom stereocenters. The molecule has 4 aliphatic carbocycles. The van der Waals surface area contributed by atoms with E-state index in [1.165, 1.54) is 249 Å². The second-order valence-electron chi connectivity index (χ2n) is 42.1. The summed E-state index contributed by atoms with van der Waals surface area (Å²) in [5.74, 6) is 0. The van der Waals surface area contributed by atoms with Gasteiger partial charge in [-0.25, -0.2) is 0 Å². The number of nitrogens with zero attached hydrogens (tertiary/aromatic N) is 4. The van der Waals surface area contributed by atoms with Crippen LogP contribution in [0.2, 0.25) is 0 Å². The van der Waals surface area contributed by atoms with Gasteiger partial charge in [-0.15, -0.1) is 45.3 Å². The lowest BCUT2D eigenvalue weighted by molar-refractivity contribution is 0.195. The van der Waals surface area contributed by atoms with Gasteiger partial charge in [0.15, 0.2) is 0 Å². The van der Waals surface area contributed by atoms with Crippen molar-refractivity contribution >= 4 is 185 Å². The lowest BCUT2D eigenvalue weighted by Crippen LogP contribution is -2.64. The summed E-state index contributed by atoms with van der Waals surface area (Å²) in [6, 6.07) is 67.8. The highest BCUT2D eigenvalue weighted by molar-refractivity contribution is 7.34. The number of hydrogen-bond acceptors (Lipinski definition) is 8. The Bertz CT molecular complexity index is 6510. The van der Waals surface area contributed by atoms with Crippen LogP contribution in [0.15, 0.2) is 175 Å². The molecule has 4 nitrogen and oxygen atoms in total. The molecule has 2 fully saturated rings. The van der Waals surface area contributed by atoms with Gasteiger partial charge in [0, 0.05) is 106 Å². The van der Waals surface area contributed by atoms with Crippen LogP contribution in [0.25, 0.3) is 60.5 Å². The molecule has 9 heteroatoms. The van der Waals surface area contributed by atoms with Crippen LogP contribution in [0.1, 0.15) is 257 Å². The highest BCUT2D eigenvalue weighted by Gasteiger charge is 2.63. The SMILES string of the molecule is Cc1cc(N(c2csc3cc4c(cc23)C(C)(C)CCC4(C)C)c2cccc3c2sc2ccccc23)cc(N2c3ccc(C(C)(C)C)cc3C3(C)CCCCC23C)c1.Cc1cc2c3c(c1)N1c4c(cc(C(C)(C)C)cc4C4(C)CCCCC14C)B3c1sc3cc4c(cc3c1N2c1cccc2c1sc1ccccc12)C(C)(C)CCC4(C)C. The van der Waals surface area contributed by atoms with Gasteiger partial charge in [-0.3, -0.25) is 0 Å². The summed E-state index contributed by atoms with van der Waals surface area (Å²) in [6.07, 6.45) is 14.9. The highest BCUT2D eigenvalue weighted by Crippen LogP contribution is 2.66. The average Bonchev–Trinajstić information content (AvgIpc) is 1.50. The largest absolute Gasteiger partial charge is 0.335 e. The van der Waals surface area contributed by atoms with Gasteiger partial charge in [0.25, 0.3) is 6.71 Å². The maximum absolute atomic E-state index is 2.91. The van der Waals surface area contributed by atoms with Crippen LogP contribution in [0.4, 0.5) is 56.9 Å². The summed E-state index contributed by atoms with van der Waals surface area (Å²) >= 11 is 7.90. The molecule has 0 saturated heterocycles. The number of thiophene rings is 4. The van der Waals surface area contributed by atoms with Crippen molar-refractivity contribution in [3.8, 4) is 0 Å². The Morgan fingerprint density at radius 2 is 0.904 bits per heavy atom. The van der Waals surface area contributed by atoms with Crippen LogP contribution in [0, 0.1) is 13.8 Å². The third-order valence-electron chi connectivity index (χ3n) is 31.2. The second kappa shape index (κ2) is 24.7. The van der Waals surface area contributed by atoms with Gasteiger partial charge < -0.3 is 19.6 Å². The van der Waals surface area contributed by atoms with Gasteiger partial charge in [0.1, 0.15) is 0 Å². The van der Waals surface area contributed by atoms with Crippen LogP contribution in [-0.2, 0) is 43.3 Å². The molecule has 115 heavy (non-hydrogen) atoms. The molecule has 0 N–H and O–H groups in total. The number of rotatable bonds is 5. The predicted octanol–water partition coefficient (Wildman–Crippen LogP) is 30.0. The molecule has 0 radical (unpaired) electrons. The van der Waals surface area contributed by atoms with Crippen molar-refractivity contribution in [2.45, 2.75) is 270 Å². The van der Waals surface area contributed by atoms with Gasteiger partial charge in [0.2, 0.25) is 0 Å². The molecule has 14 aromatic rings. The Kier molecular flexibility index (Phi) is 16.0. The fourth-order valence-corrected chi connectivity index (χ4v) is 28.5. The molecule has 10 aromatic carbocycles. The molecule has 4 aliphatic heterocycles. The molecular weight excluding hydrogens is 1470 g/mol. The van der Waals surface area contributed by atoms with Crippen molar-refractivity contribution in [1.29, 1.82) is 0 Å². The number of anilines is 10. The van der Waals surface area contributed by atoms with Crippen LogP contribution in [-0.4, -0.2) is 17.8 Å². The van der Waals surface area contributed by atoms with E-state index in [0.29, 0.717) is 0 Å². The van der Waals surface area contributed by atoms with Crippen molar-refractivity contribution in [3.63, 3.8) is 0 Å². The zero-order chi connectivity index (χ0) is 79.9. The first-order valence-electron chi connectivity index (χ1n) is 43.3. The van der Waals surface area contributed by atoms with E-state index in [-0.39, 0.29) is 61.1 Å². The van der Waals surface area contributed by atoms with E-state index in [1.807, 2.05) is 34.0 Å². The van der Waals surface area contributed by atoms with Crippen molar-refractivity contribution < 1.29 is 0 Å². The molecule has 584 valence electrons. The van der Waals surface area contributed by atoms with Crippen LogP contribution in [0.3, 0.4) is 0 Å². The maximum atomic E-state index is 2.91. The topological polar surface area (TPSA) is 13.0 Å². The molecule has 0 amide bonds. The lowest BCUT2D eigenvalue weighted by Gasteiger charge is -2.52. The number of fused-ring (bicyclic) bond motifs is 21. The Morgan fingerprint density at radius 1 is 0.374 bits per heavy atom. The van der Waals surface area contributed by atoms with E-state index in [4.69, 9.17) is 0 Å². The van der Waals surface area contributed by atoms with Gasteiger partial charge in [-0.2, -0.15) is 0 Å². The quantitative estimate of drug-likeness (QED) is 0.159. The Labute approximate surface area is 700 Å². The highest BCUT2D eigenvalue weighted by atomic mass is 32.1. The summed E-state index contributed by atoms with van der Waals surface area (Å²) in [5.41, 5.74) is 32.2. The minimum Gasteiger partial charge on any atom is -0.335 e. The zero-order valence-corrected chi connectivity index (χ0v) is 75.0. The van der Waals surface area contributed by atoms with Crippen molar-refractivity contribution in [3.05, 3.63) is 231 Å². The first kappa shape index (κ1) is 74.4. The summed E-state index contributed by atoms with van der Waals surface area (Å²) in [5, 5.41) is 10.6. The summed E-state index contributed by atoms with van der Waals surface area (Å²) in [6.45, 7) is 49.3. The second-order valence-corrected chi connectivity index (χ2v) is 46.2. The first-order chi connectivity index (χ1) is 54.5. The summed E-state index contributed by atoms with van der Waals surface area (Å²) < 4.78 is 9.75. The lowest BCUT2D eigenvalue weighted by atomic mass is 9.36. The van der Waals surface area contributed by atoms with Crippen LogP contribution < -0.4 is 35.3 Å². The molecule has 4 unspecified atom stereocenters. The van der Waals surface area contributed by atoms with E-state index < -0.39 is 0 Å². The first-order valence-corrected chi connectivity index (χ1v) is 46.6. The number of hydrogen-bond donors (Lipinski definition) is 0. The van der Waals surface area contributed by atoms with Crippen molar-refractivity contribution in [1.82, 2.24) is 0 Å². The molecule has 2 saturated carbocycles. The monoisotopic (exact) mass is 1580 g/mol. The van der Waals surface area contributed by atoms with Crippen molar-refractivity contribution in [2.24, 2.45) is 0 Å². The van der Waals surface area contributed by atoms with E-state index in [9.17, 15) is 0 Å². The van der Waals surface area contributed by atoms with Gasteiger partial charge in [0.05, 0.1) is 43.2 Å². The molecular formula is C106H113BN4S4. The van der Waals surface area contributed by atoms with Crippen molar-refractivity contribution in [2.75, 3.05) is 19.6 Å². The smallest absolute Gasteiger partial charge is 0.264 e. The third-order valence-corrected chi connectivity index (χ3v) is 35.7. The minimum atomic E-state index is -0.0298. The molecule has 4 aromatic heterocycles. The third kappa shape index (κ3) is 10.5. The predicted molar refractivity (Wildman–Crippen MR) is 507 cm³/mol. The van der Waals surface area contributed by atoms with Crippen LogP contribution >= 0.6 is 45.3 Å². The average molecular weight is 1580 g/mol. The Hall–Kier alpha value is -8.18. The van der Waals surface area contributed by atoms with Gasteiger partial charge in [-0.1, -0.05) is 221 Å². The minimum absolute atomic E-state index is 0.00163. The standard InChI is InChI=1S/C53H55BN2S2.C53H58N2S2/c1-30-24-40-44-41(25-30)56-46-37(52(9)20-13-14-21-53(52,56)10)26-31(49(2,3)4)27-38(46)54(44)48-45(34-28-35-36(29-43(34)58-48)51(7,8)23-22-50(35,5)6)55(40)39-18-15-17-33-32-16-11-12-19-42(32)57-47(33)39;1-33-26-35(29-36(27-33)55-43-21-20-34(49(2,3)4)28-42(43)52(9)22-13-14-23-53(52,55)10)54(44-18-15-17-38-37-16-11-12-19-46(37)57-48(38)44)45-32-56-47-31-41-40(30-39(45)47)50(5,6)24-25-51(41,7)8/h11-12,15-19,24-29H,13-14,20-23H2,1-10H3;11-12,15-21,26-32H,13-14,22-25H2,1-10H3. The maximum Gasteiger partial charge on any atom is 0.264 e. The fourth-order valence-electron chi connectivity index (χ4n) is 23.8. The van der Waals surface area contributed by atoms with E-state index in [2.05, 4.69) is 345 Å². The Balaban J connectivity index is 0.000000144. The molecule has 22 rings (SSSR count). The summed E-state index contributed by atoms with van der Waals surface area (Å²) in [7, 11) is 0. The Morgan fingerprint density at radius 3 is 1.55 bits per heavy atom. The van der Waals surface area contributed by atoms with E-state index in [1.54, 1.807) is 16.7 Å². The van der Waals surface area contributed by atoms with Crippen LogP contribution in [0.5, 0.6) is 0 Å². The molecule has 0 bridgehead atoms. The molecule has 8 aliphatic rings. The van der Waals surface area contributed by atoms with E-state index in [0.717, 1.165) is 0 Å². The zero-order valence-electron chi connectivity index (χ0n) is 71.7. The number of benzene rings is 10. The fraction of sp³-hybridized carbons (Fsp3) is 0.396.